The summed E-state index contributed by atoms with van der Waals surface area (Å²) in [6, 6.07) is 20.0. The van der Waals surface area contributed by atoms with Gasteiger partial charge < -0.3 is 19.3 Å². The van der Waals surface area contributed by atoms with E-state index in [9.17, 15) is 5.11 Å². The Morgan fingerprint density at radius 1 is 1.03 bits per heavy atom. The Morgan fingerprint density at radius 3 is 2.82 bits per heavy atom. The summed E-state index contributed by atoms with van der Waals surface area (Å²) in [4.78, 5) is 6.94. The molecule has 6 rings (SSSR count). The van der Waals surface area contributed by atoms with E-state index < -0.39 is 5.60 Å². The van der Waals surface area contributed by atoms with Crippen LogP contribution in [0.1, 0.15) is 29.7 Å². The summed E-state index contributed by atoms with van der Waals surface area (Å²) in [7, 11) is 0. The second-order valence-electron chi connectivity index (χ2n) is 9.32. The highest BCUT2D eigenvalue weighted by molar-refractivity contribution is 5.44. The number of likely N-dealkylation sites (tertiary alicyclic amines) is 1. The summed E-state index contributed by atoms with van der Waals surface area (Å²) in [6.45, 7) is 3.42. The molecule has 1 saturated carbocycles. The molecule has 3 aliphatic rings. The molecule has 1 N–H and O–H groups in total. The zero-order chi connectivity index (χ0) is 22.3. The number of fused-ring (bicyclic) bond motifs is 2. The second-order valence-corrected chi connectivity index (χ2v) is 9.32. The van der Waals surface area contributed by atoms with Crippen LogP contribution in [0.5, 0.6) is 17.2 Å². The van der Waals surface area contributed by atoms with E-state index in [0.29, 0.717) is 12.5 Å². The highest BCUT2D eigenvalue weighted by Gasteiger charge is 2.53. The predicted molar refractivity (Wildman–Crippen MR) is 123 cm³/mol. The van der Waals surface area contributed by atoms with Gasteiger partial charge in [0.05, 0.1) is 5.69 Å². The van der Waals surface area contributed by atoms with E-state index in [1.165, 1.54) is 5.56 Å². The number of hydrogen-bond donors (Lipinski definition) is 1. The lowest BCUT2D eigenvalue weighted by Gasteiger charge is -2.29. The largest absolute Gasteiger partial charge is 0.489 e. The lowest BCUT2D eigenvalue weighted by Crippen LogP contribution is -2.35. The van der Waals surface area contributed by atoms with E-state index in [-0.39, 0.29) is 12.7 Å². The summed E-state index contributed by atoms with van der Waals surface area (Å²) in [5.41, 5.74) is 2.20. The molecule has 0 bridgehead atoms. The standard InChI is InChI=1S/C27H28N2O4/c30-27(26-7-3-4-12-28-26)11-10-20-14-29(16-22(20)27)15-21-5-1-2-6-23(21)31-17-19-8-9-24-25(13-19)33-18-32-24/h1-9,12-13,20,22,30H,10-11,14-18H2/t20-,22+,27-/m0/s1. The third-order valence-corrected chi connectivity index (χ3v) is 7.33. The van der Waals surface area contributed by atoms with Crippen molar-refractivity contribution in [3.8, 4) is 17.2 Å². The molecule has 0 spiro atoms. The minimum atomic E-state index is -0.823. The number of nitrogens with zero attached hydrogens (tertiary/aromatic N) is 2. The van der Waals surface area contributed by atoms with E-state index in [1.54, 1.807) is 6.20 Å². The summed E-state index contributed by atoms with van der Waals surface area (Å²) in [5, 5.41) is 11.5. The van der Waals surface area contributed by atoms with Gasteiger partial charge in [-0.3, -0.25) is 9.88 Å². The predicted octanol–water partition coefficient (Wildman–Crippen LogP) is 4.12. The molecular weight excluding hydrogens is 416 g/mol. The van der Waals surface area contributed by atoms with Gasteiger partial charge >= 0.3 is 0 Å². The second kappa shape index (κ2) is 8.36. The third kappa shape index (κ3) is 3.83. The monoisotopic (exact) mass is 444 g/mol. The molecule has 2 aliphatic heterocycles. The van der Waals surface area contributed by atoms with Crippen LogP contribution in [0.4, 0.5) is 0 Å². The number of rotatable bonds is 6. The summed E-state index contributed by atoms with van der Waals surface area (Å²) < 4.78 is 17.1. The molecule has 33 heavy (non-hydrogen) atoms. The SMILES string of the molecule is O[C@@]1(c2ccccn2)CC[C@H]2CN(Cc3ccccc3OCc3ccc4c(c3)OCO4)C[C@H]21. The minimum Gasteiger partial charge on any atom is -0.489 e. The molecule has 1 aliphatic carbocycles. The molecule has 1 saturated heterocycles. The van der Waals surface area contributed by atoms with Gasteiger partial charge in [-0.25, -0.2) is 0 Å². The third-order valence-electron chi connectivity index (χ3n) is 7.33. The Morgan fingerprint density at radius 2 is 1.91 bits per heavy atom. The van der Waals surface area contributed by atoms with Gasteiger partial charge in [-0.15, -0.1) is 0 Å². The van der Waals surface area contributed by atoms with Crippen molar-refractivity contribution in [3.63, 3.8) is 0 Å². The van der Waals surface area contributed by atoms with E-state index in [0.717, 1.165) is 61.0 Å². The fraction of sp³-hybridized carbons (Fsp3) is 0.370. The van der Waals surface area contributed by atoms with Gasteiger partial charge in [-0.1, -0.05) is 30.3 Å². The van der Waals surface area contributed by atoms with Gasteiger partial charge in [0.1, 0.15) is 18.0 Å². The van der Waals surface area contributed by atoms with Crippen LogP contribution in [0.25, 0.3) is 0 Å². The first-order chi connectivity index (χ1) is 16.2. The first-order valence-electron chi connectivity index (χ1n) is 11.6. The van der Waals surface area contributed by atoms with Crippen molar-refractivity contribution in [2.24, 2.45) is 11.8 Å². The number of benzene rings is 2. The number of para-hydroxylation sites is 1. The lowest BCUT2D eigenvalue weighted by atomic mass is 9.85. The molecule has 0 amide bonds. The smallest absolute Gasteiger partial charge is 0.231 e. The van der Waals surface area contributed by atoms with Gasteiger partial charge in [0.15, 0.2) is 11.5 Å². The maximum atomic E-state index is 11.5. The number of aliphatic hydroxyl groups is 1. The Labute approximate surface area is 193 Å². The average molecular weight is 445 g/mol. The zero-order valence-electron chi connectivity index (χ0n) is 18.5. The molecule has 6 nitrogen and oxygen atoms in total. The molecule has 3 atom stereocenters. The van der Waals surface area contributed by atoms with Gasteiger partial charge in [0.25, 0.3) is 0 Å². The van der Waals surface area contributed by atoms with Crippen LogP contribution in [0, 0.1) is 11.8 Å². The number of ether oxygens (including phenoxy) is 3. The molecule has 2 fully saturated rings. The Kier molecular flexibility index (Phi) is 5.19. The first-order valence-corrected chi connectivity index (χ1v) is 11.6. The van der Waals surface area contributed by atoms with Crippen molar-refractivity contribution in [2.75, 3.05) is 19.9 Å². The van der Waals surface area contributed by atoms with Crippen LogP contribution >= 0.6 is 0 Å². The van der Waals surface area contributed by atoms with Crippen molar-refractivity contribution < 1.29 is 19.3 Å². The van der Waals surface area contributed by atoms with Gasteiger partial charge in [0.2, 0.25) is 6.79 Å². The van der Waals surface area contributed by atoms with E-state index in [4.69, 9.17) is 14.2 Å². The minimum absolute atomic E-state index is 0.217. The molecule has 6 heteroatoms. The first kappa shape index (κ1) is 20.5. The molecule has 3 heterocycles. The fourth-order valence-corrected chi connectivity index (χ4v) is 5.66. The molecule has 2 aromatic carbocycles. The Hall–Kier alpha value is -3.09. The number of pyridine rings is 1. The van der Waals surface area contributed by atoms with Crippen LogP contribution < -0.4 is 14.2 Å². The van der Waals surface area contributed by atoms with Crippen molar-refractivity contribution in [1.29, 1.82) is 0 Å². The van der Waals surface area contributed by atoms with Gasteiger partial charge in [-0.2, -0.15) is 0 Å². The van der Waals surface area contributed by atoms with Crippen LogP contribution in [0.15, 0.2) is 66.9 Å². The Bertz CT molecular complexity index is 1140. The summed E-state index contributed by atoms with van der Waals surface area (Å²) >= 11 is 0. The highest BCUT2D eigenvalue weighted by atomic mass is 16.7. The van der Waals surface area contributed by atoms with E-state index >= 15 is 0 Å². The van der Waals surface area contributed by atoms with Crippen LogP contribution in [0.3, 0.4) is 0 Å². The quantitative estimate of drug-likeness (QED) is 0.617. The average Bonchev–Trinajstić information content (AvgIpc) is 3.56. The number of hydrogen-bond acceptors (Lipinski definition) is 6. The van der Waals surface area contributed by atoms with Crippen LogP contribution in [-0.4, -0.2) is 34.9 Å². The van der Waals surface area contributed by atoms with Gasteiger partial charge in [0, 0.05) is 37.3 Å². The van der Waals surface area contributed by atoms with Crippen LogP contribution in [-0.2, 0) is 18.8 Å². The molecule has 0 radical (unpaired) electrons. The fourth-order valence-electron chi connectivity index (χ4n) is 5.66. The molecule has 170 valence electrons. The summed E-state index contributed by atoms with van der Waals surface area (Å²) in [5.74, 6) is 3.16. The lowest BCUT2D eigenvalue weighted by molar-refractivity contribution is -0.0108. The molecule has 3 aromatic rings. The van der Waals surface area contributed by atoms with Crippen molar-refractivity contribution in [2.45, 2.75) is 31.6 Å². The molecule has 1 aromatic heterocycles. The number of aromatic nitrogens is 1. The summed E-state index contributed by atoms with van der Waals surface area (Å²) in [6.07, 6.45) is 3.61. The van der Waals surface area contributed by atoms with Crippen molar-refractivity contribution in [1.82, 2.24) is 9.88 Å². The highest BCUT2D eigenvalue weighted by Crippen LogP contribution is 2.50. The topological polar surface area (TPSA) is 64.1 Å². The Balaban J connectivity index is 1.14. The van der Waals surface area contributed by atoms with Crippen LogP contribution in [0.2, 0.25) is 0 Å². The zero-order valence-corrected chi connectivity index (χ0v) is 18.5. The molecular formula is C27H28N2O4. The van der Waals surface area contributed by atoms with Gasteiger partial charge in [-0.05, 0) is 54.7 Å². The van der Waals surface area contributed by atoms with E-state index in [2.05, 4.69) is 22.0 Å². The normalized spacial score (nSPS) is 25.8. The molecule has 0 unspecified atom stereocenters. The maximum Gasteiger partial charge on any atom is 0.231 e. The van der Waals surface area contributed by atoms with E-state index in [1.807, 2.05) is 48.5 Å². The van der Waals surface area contributed by atoms with Crippen molar-refractivity contribution >= 4 is 0 Å². The van der Waals surface area contributed by atoms with Crippen molar-refractivity contribution in [3.05, 3.63) is 83.7 Å². The maximum absolute atomic E-state index is 11.5.